The average molecular weight is 425 g/mol. The number of aliphatic carboxylic acids is 1. The van der Waals surface area contributed by atoms with Crippen molar-refractivity contribution in [1.29, 1.82) is 0 Å². The molecule has 0 spiro atoms. The molecule has 7 nitrogen and oxygen atoms in total. The second-order valence-electron chi connectivity index (χ2n) is 7.23. The van der Waals surface area contributed by atoms with Crippen LogP contribution in [0.4, 0.5) is 0 Å². The largest absolute Gasteiger partial charge is 0.487 e. The number of carbonyl (C=O) groups is 1. The zero-order valence-corrected chi connectivity index (χ0v) is 17.0. The van der Waals surface area contributed by atoms with Crippen LogP contribution < -0.4 is 4.74 Å². The summed E-state index contributed by atoms with van der Waals surface area (Å²) in [6.45, 7) is -0.0199. The van der Waals surface area contributed by atoms with Gasteiger partial charge in [-0.2, -0.15) is 5.10 Å². The Morgan fingerprint density at radius 2 is 1.69 bits per heavy atom. The standard InChI is InChI=1S/C25H19N3O4/c29-23(30)15-28-22-13-20(12-11-19(22)14-26-28)31-16-21-24(17-7-3-1-4-8-17)32-25(27-21)18-9-5-2-6-10-18/h1-14H,15-16H2,(H,29,30). The molecule has 7 heteroatoms. The number of benzene rings is 3. The fourth-order valence-electron chi connectivity index (χ4n) is 3.51. The van der Waals surface area contributed by atoms with Crippen LogP contribution in [0.5, 0.6) is 5.75 Å². The van der Waals surface area contributed by atoms with Gasteiger partial charge in [0.1, 0.15) is 24.6 Å². The Labute approximate surface area is 183 Å². The van der Waals surface area contributed by atoms with Crippen LogP contribution in [-0.2, 0) is 17.9 Å². The number of ether oxygens (including phenoxy) is 1. The Kier molecular flexibility index (Phi) is 5.13. The van der Waals surface area contributed by atoms with Crippen LogP contribution in [0.15, 0.2) is 89.5 Å². The van der Waals surface area contributed by atoms with Crippen LogP contribution in [0.3, 0.4) is 0 Å². The molecule has 5 rings (SSSR count). The van der Waals surface area contributed by atoms with Gasteiger partial charge in [-0.15, -0.1) is 0 Å². The lowest BCUT2D eigenvalue weighted by Crippen LogP contribution is -2.09. The third-order valence-corrected chi connectivity index (χ3v) is 5.03. The molecule has 2 aromatic heterocycles. The fraction of sp³-hybridized carbons (Fsp3) is 0.0800. The molecule has 0 bridgehead atoms. The topological polar surface area (TPSA) is 90.4 Å². The molecule has 0 amide bonds. The predicted molar refractivity (Wildman–Crippen MR) is 119 cm³/mol. The first kappa shape index (κ1) is 19.6. The summed E-state index contributed by atoms with van der Waals surface area (Å²) in [4.78, 5) is 15.8. The third kappa shape index (κ3) is 3.96. The molecule has 32 heavy (non-hydrogen) atoms. The minimum Gasteiger partial charge on any atom is -0.487 e. The first-order valence-corrected chi connectivity index (χ1v) is 10.1. The van der Waals surface area contributed by atoms with Crippen LogP contribution in [-0.4, -0.2) is 25.8 Å². The van der Waals surface area contributed by atoms with Gasteiger partial charge in [0.2, 0.25) is 5.89 Å². The van der Waals surface area contributed by atoms with E-state index in [0.717, 1.165) is 16.5 Å². The number of carboxylic acid groups (broad SMARTS) is 1. The van der Waals surface area contributed by atoms with Crippen molar-refractivity contribution >= 4 is 16.9 Å². The molecule has 2 heterocycles. The number of oxazole rings is 1. The second kappa shape index (κ2) is 8.39. The molecule has 0 aliphatic rings. The lowest BCUT2D eigenvalue weighted by Gasteiger charge is -2.07. The Bertz CT molecular complexity index is 1370. The summed E-state index contributed by atoms with van der Waals surface area (Å²) in [6, 6.07) is 25.0. The lowest BCUT2D eigenvalue weighted by molar-refractivity contribution is -0.137. The second-order valence-corrected chi connectivity index (χ2v) is 7.23. The van der Waals surface area contributed by atoms with E-state index in [1.54, 1.807) is 12.3 Å². The summed E-state index contributed by atoms with van der Waals surface area (Å²) in [6.07, 6.45) is 1.64. The zero-order chi connectivity index (χ0) is 21.9. The quantitative estimate of drug-likeness (QED) is 0.394. The van der Waals surface area contributed by atoms with E-state index in [1.165, 1.54) is 4.68 Å². The number of hydrogen-bond donors (Lipinski definition) is 1. The van der Waals surface area contributed by atoms with Gasteiger partial charge in [-0.25, -0.2) is 4.98 Å². The molecule has 0 fully saturated rings. The maximum absolute atomic E-state index is 11.1. The van der Waals surface area contributed by atoms with Gasteiger partial charge in [-0.1, -0.05) is 48.5 Å². The molecular formula is C25H19N3O4. The normalized spacial score (nSPS) is 11.0. The molecule has 0 aliphatic heterocycles. The highest BCUT2D eigenvalue weighted by atomic mass is 16.5. The first-order valence-electron chi connectivity index (χ1n) is 10.1. The maximum Gasteiger partial charge on any atom is 0.325 e. The first-order chi connectivity index (χ1) is 15.7. The number of fused-ring (bicyclic) bond motifs is 1. The summed E-state index contributed by atoms with van der Waals surface area (Å²) in [5.74, 6) is 0.817. The van der Waals surface area contributed by atoms with E-state index in [9.17, 15) is 4.79 Å². The number of rotatable bonds is 7. The van der Waals surface area contributed by atoms with E-state index in [2.05, 4.69) is 5.10 Å². The van der Waals surface area contributed by atoms with Gasteiger partial charge in [0.05, 0.1) is 11.7 Å². The van der Waals surface area contributed by atoms with Crippen molar-refractivity contribution in [3.63, 3.8) is 0 Å². The molecule has 0 aliphatic carbocycles. The number of hydrogen-bond acceptors (Lipinski definition) is 5. The Morgan fingerprint density at radius 3 is 2.41 bits per heavy atom. The van der Waals surface area contributed by atoms with E-state index >= 15 is 0 Å². The van der Waals surface area contributed by atoms with Crippen molar-refractivity contribution in [2.75, 3.05) is 0 Å². The Morgan fingerprint density at radius 1 is 0.969 bits per heavy atom. The summed E-state index contributed by atoms with van der Waals surface area (Å²) in [5.41, 5.74) is 3.16. The Hall–Kier alpha value is -4.39. The van der Waals surface area contributed by atoms with E-state index < -0.39 is 5.97 Å². The molecule has 0 radical (unpaired) electrons. The number of aromatic nitrogens is 3. The molecule has 158 valence electrons. The molecule has 0 saturated heterocycles. The third-order valence-electron chi connectivity index (χ3n) is 5.03. The van der Waals surface area contributed by atoms with Gasteiger partial charge in [0, 0.05) is 22.6 Å². The highest BCUT2D eigenvalue weighted by molar-refractivity contribution is 5.81. The van der Waals surface area contributed by atoms with Crippen LogP contribution >= 0.6 is 0 Å². The smallest absolute Gasteiger partial charge is 0.325 e. The van der Waals surface area contributed by atoms with Gasteiger partial charge >= 0.3 is 5.97 Å². The van der Waals surface area contributed by atoms with E-state index in [4.69, 9.17) is 19.2 Å². The molecular weight excluding hydrogens is 406 g/mol. The summed E-state index contributed by atoms with van der Waals surface area (Å²) >= 11 is 0. The molecule has 0 saturated carbocycles. The molecule has 0 atom stereocenters. The average Bonchev–Trinajstić information content (AvgIpc) is 3.43. The molecule has 0 unspecified atom stereocenters. The SMILES string of the molecule is O=C(O)Cn1ncc2ccc(OCc3nc(-c4ccccc4)oc3-c3ccccc3)cc21. The minimum absolute atomic E-state index is 0.194. The maximum atomic E-state index is 11.1. The van der Waals surface area contributed by atoms with Crippen molar-refractivity contribution in [3.05, 3.63) is 90.8 Å². The molecule has 3 aromatic carbocycles. The van der Waals surface area contributed by atoms with Crippen LogP contribution in [0.2, 0.25) is 0 Å². The van der Waals surface area contributed by atoms with Gasteiger partial charge in [0.25, 0.3) is 0 Å². The van der Waals surface area contributed by atoms with E-state index in [0.29, 0.717) is 28.6 Å². The Balaban J connectivity index is 1.46. The van der Waals surface area contributed by atoms with Crippen molar-refractivity contribution in [2.24, 2.45) is 0 Å². The van der Waals surface area contributed by atoms with Crippen LogP contribution in [0, 0.1) is 0 Å². The van der Waals surface area contributed by atoms with Gasteiger partial charge < -0.3 is 14.3 Å². The fourth-order valence-corrected chi connectivity index (χ4v) is 3.51. The van der Waals surface area contributed by atoms with Crippen molar-refractivity contribution < 1.29 is 19.1 Å². The summed E-state index contributed by atoms with van der Waals surface area (Å²) in [7, 11) is 0. The van der Waals surface area contributed by atoms with Crippen molar-refractivity contribution in [3.8, 4) is 28.5 Å². The zero-order valence-electron chi connectivity index (χ0n) is 17.0. The molecule has 5 aromatic rings. The van der Waals surface area contributed by atoms with Crippen LogP contribution in [0.1, 0.15) is 5.69 Å². The van der Waals surface area contributed by atoms with Crippen molar-refractivity contribution in [2.45, 2.75) is 13.2 Å². The van der Waals surface area contributed by atoms with E-state index in [1.807, 2.05) is 72.8 Å². The monoisotopic (exact) mass is 425 g/mol. The van der Waals surface area contributed by atoms with Crippen LogP contribution in [0.25, 0.3) is 33.7 Å². The van der Waals surface area contributed by atoms with Gasteiger partial charge in [0.15, 0.2) is 5.76 Å². The van der Waals surface area contributed by atoms with E-state index in [-0.39, 0.29) is 13.2 Å². The van der Waals surface area contributed by atoms with Gasteiger partial charge in [-0.05, 0) is 24.3 Å². The number of nitrogens with zero attached hydrogens (tertiary/aromatic N) is 3. The summed E-state index contributed by atoms with van der Waals surface area (Å²) < 4.78 is 13.6. The predicted octanol–water partition coefficient (Wildman–Crippen LogP) is 5.02. The highest BCUT2D eigenvalue weighted by Crippen LogP contribution is 2.31. The minimum atomic E-state index is -0.954. The highest BCUT2D eigenvalue weighted by Gasteiger charge is 2.17. The lowest BCUT2D eigenvalue weighted by atomic mass is 10.1. The van der Waals surface area contributed by atoms with Crippen molar-refractivity contribution in [1.82, 2.24) is 14.8 Å². The molecule has 1 N–H and O–H groups in total. The summed E-state index contributed by atoms with van der Waals surface area (Å²) in [5, 5.41) is 14.1. The van der Waals surface area contributed by atoms with Gasteiger partial charge in [-0.3, -0.25) is 9.48 Å². The number of carboxylic acids is 1.